The predicted octanol–water partition coefficient (Wildman–Crippen LogP) is 9.19. The summed E-state index contributed by atoms with van der Waals surface area (Å²) >= 11 is 0. The highest BCUT2D eigenvalue weighted by atomic mass is 16.6. The highest BCUT2D eigenvalue weighted by Crippen LogP contribution is 2.42. The summed E-state index contributed by atoms with van der Waals surface area (Å²) in [6.07, 6.45) is -1.17. The van der Waals surface area contributed by atoms with E-state index in [0.29, 0.717) is 39.9 Å². The minimum absolute atomic E-state index is 0.112. The number of rotatable bonds is 15. The summed E-state index contributed by atoms with van der Waals surface area (Å²) in [6, 6.07) is 23.4. The first kappa shape index (κ1) is 44.7. The van der Waals surface area contributed by atoms with Crippen LogP contribution in [0.5, 0.6) is 5.75 Å². The average molecular weight is 843 g/mol. The van der Waals surface area contributed by atoms with Crippen molar-refractivity contribution >= 4 is 78.9 Å². The first-order valence-electron chi connectivity index (χ1n) is 20.5. The largest absolute Gasteiger partial charge is 0.478 e. The maximum atomic E-state index is 14.7. The van der Waals surface area contributed by atoms with Crippen molar-refractivity contribution in [1.82, 2.24) is 0 Å². The zero-order valence-corrected chi connectivity index (χ0v) is 36.1. The van der Waals surface area contributed by atoms with Crippen LogP contribution in [-0.4, -0.2) is 65.3 Å². The lowest BCUT2D eigenvalue weighted by Gasteiger charge is -2.23. The minimum atomic E-state index is -1.34. The third kappa shape index (κ3) is 9.86. The molecule has 1 N–H and O–H groups in total. The number of ether oxygens (including phenoxy) is 5. The second kappa shape index (κ2) is 18.8. The molecule has 0 spiro atoms. The molecule has 0 aliphatic rings. The third-order valence-electron chi connectivity index (χ3n) is 10.7. The normalized spacial score (nSPS) is 13.3. The number of hydrogen-bond acceptors (Lipinski definition) is 11. The van der Waals surface area contributed by atoms with E-state index in [4.69, 9.17) is 23.7 Å². The zero-order valence-electron chi connectivity index (χ0n) is 36.1. The van der Waals surface area contributed by atoms with E-state index in [1.165, 1.54) is 33.8 Å². The van der Waals surface area contributed by atoms with Crippen LogP contribution in [0.25, 0.3) is 43.1 Å². The van der Waals surface area contributed by atoms with Gasteiger partial charge in [-0.05, 0) is 106 Å². The number of hydrogen-bond donors (Lipinski definition) is 1. The quantitative estimate of drug-likeness (QED) is 0.0451. The van der Waals surface area contributed by atoms with Gasteiger partial charge in [-0.2, -0.15) is 0 Å². The summed E-state index contributed by atoms with van der Waals surface area (Å²) in [5, 5.41) is 16.3. The van der Waals surface area contributed by atoms with Gasteiger partial charge in [-0.15, -0.1) is 0 Å². The summed E-state index contributed by atoms with van der Waals surface area (Å²) in [5.41, 5.74) is 2.86. The van der Waals surface area contributed by atoms with Gasteiger partial charge < -0.3 is 28.8 Å². The van der Waals surface area contributed by atoms with Crippen LogP contribution in [0, 0.1) is 0 Å². The maximum absolute atomic E-state index is 14.7. The molecule has 0 fully saturated rings. The molecule has 0 saturated carbocycles. The maximum Gasteiger partial charge on any atom is 0.343 e. The number of fused-ring (bicyclic) bond motifs is 4. The monoisotopic (exact) mass is 842 g/mol. The summed E-state index contributed by atoms with van der Waals surface area (Å²) in [5.74, 6) is -4.19. The smallest absolute Gasteiger partial charge is 0.343 e. The Morgan fingerprint density at radius 1 is 0.468 bits per heavy atom. The number of carboxylic acid groups (broad SMARTS) is 1. The molecule has 62 heavy (non-hydrogen) atoms. The lowest BCUT2D eigenvalue weighted by atomic mass is 9.86. The number of aromatic carboxylic acids is 1. The SMILES string of the molecule is CC(=O)OC(C)Cc1c2ccccc2c(CC(C)OC(C)=O)c2cc(C(=O)Oc3c(C(=O)O)ccc4c(CC(C)OC(C)=O)c5ccccc5c(CC(C)OC(C)=O)c34)ccc12. The Bertz CT molecular complexity index is 2770. The minimum Gasteiger partial charge on any atom is -0.478 e. The molecular weight excluding hydrogens is 793 g/mol. The van der Waals surface area contributed by atoms with Crippen LogP contribution in [0.15, 0.2) is 78.9 Å². The Morgan fingerprint density at radius 3 is 1.24 bits per heavy atom. The summed E-state index contributed by atoms with van der Waals surface area (Å²) in [4.78, 5) is 75.8. The molecule has 4 atom stereocenters. The van der Waals surface area contributed by atoms with Crippen molar-refractivity contribution < 1.29 is 57.6 Å². The highest BCUT2D eigenvalue weighted by Gasteiger charge is 2.28. The van der Waals surface area contributed by atoms with Gasteiger partial charge in [0.2, 0.25) is 0 Å². The van der Waals surface area contributed by atoms with Crippen molar-refractivity contribution in [2.75, 3.05) is 0 Å². The molecule has 12 heteroatoms. The molecule has 0 aromatic heterocycles. The molecule has 0 saturated heterocycles. The van der Waals surface area contributed by atoms with E-state index in [9.17, 15) is 33.9 Å². The van der Waals surface area contributed by atoms with Crippen LogP contribution in [0.4, 0.5) is 0 Å². The second-order valence-electron chi connectivity index (χ2n) is 15.8. The van der Waals surface area contributed by atoms with Crippen molar-refractivity contribution in [3.8, 4) is 5.75 Å². The Labute approximate surface area is 359 Å². The fourth-order valence-electron chi connectivity index (χ4n) is 8.65. The molecule has 0 aliphatic carbocycles. The van der Waals surface area contributed by atoms with Gasteiger partial charge in [-0.3, -0.25) is 19.2 Å². The molecule has 4 unspecified atom stereocenters. The molecule has 0 radical (unpaired) electrons. The van der Waals surface area contributed by atoms with E-state index >= 15 is 0 Å². The third-order valence-corrected chi connectivity index (χ3v) is 10.7. The van der Waals surface area contributed by atoms with Gasteiger partial charge in [0.15, 0.2) is 5.75 Å². The Balaban J connectivity index is 1.60. The van der Waals surface area contributed by atoms with Crippen molar-refractivity contribution in [1.29, 1.82) is 0 Å². The number of benzene rings is 6. The number of carboxylic acids is 1. The number of esters is 5. The fourth-order valence-corrected chi connectivity index (χ4v) is 8.65. The van der Waals surface area contributed by atoms with Crippen LogP contribution < -0.4 is 4.74 Å². The second-order valence-corrected chi connectivity index (χ2v) is 15.8. The van der Waals surface area contributed by atoms with Crippen LogP contribution in [0.1, 0.15) is 98.4 Å². The molecule has 0 amide bonds. The highest BCUT2D eigenvalue weighted by molar-refractivity contribution is 6.13. The van der Waals surface area contributed by atoms with Gasteiger partial charge in [0, 0.05) is 58.8 Å². The van der Waals surface area contributed by atoms with Crippen molar-refractivity contribution in [2.24, 2.45) is 0 Å². The average Bonchev–Trinajstić information content (AvgIpc) is 3.18. The van der Waals surface area contributed by atoms with Crippen LogP contribution >= 0.6 is 0 Å². The molecule has 0 bridgehead atoms. The molecule has 12 nitrogen and oxygen atoms in total. The molecular formula is C50H50O12. The number of carbonyl (C=O) groups is 6. The topological polar surface area (TPSA) is 169 Å². The summed E-state index contributed by atoms with van der Waals surface area (Å²) in [6.45, 7) is 12.4. The molecule has 0 heterocycles. The van der Waals surface area contributed by atoms with Gasteiger partial charge >= 0.3 is 35.8 Å². The Hall–Kier alpha value is -6.82. The Kier molecular flexibility index (Phi) is 13.6. The first-order valence-corrected chi connectivity index (χ1v) is 20.5. The van der Waals surface area contributed by atoms with E-state index in [0.717, 1.165) is 38.2 Å². The zero-order chi connectivity index (χ0) is 45.0. The van der Waals surface area contributed by atoms with E-state index in [1.807, 2.05) is 55.5 Å². The van der Waals surface area contributed by atoms with Crippen molar-refractivity contribution in [3.63, 3.8) is 0 Å². The number of carbonyl (C=O) groups excluding carboxylic acids is 5. The predicted molar refractivity (Wildman–Crippen MR) is 235 cm³/mol. The van der Waals surface area contributed by atoms with E-state index in [-0.39, 0.29) is 29.7 Å². The van der Waals surface area contributed by atoms with Crippen LogP contribution in [0.3, 0.4) is 0 Å². The van der Waals surface area contributed by atoms with Crippen molar-refractivity contribution in [2.45, 2.75) is 105 Å². The summed E-state index contributed by atoms with van der Waals surface area (Å²) < 4.78 is 28.5. The Morgan fingerprint density at radius 2 is 0.823 bits per heavy atom. The van der Waals surface area contributed by atoms with Gasteiger partial charge in [0.05, 0.1) is 5.56 Å². The van der Waals surface area contributed by atoms with Crippen LogP contribution in [-0.2, 0) is 63.8 Å². The lowest BCUT2D eigenvalue weighted by Crippen LogP contribution is -2.19. The lowest BCUT2D eigenvalue weighted by molar-refractivity contribution is -0.146. The van der Waals surface area contributed by atoms with Gasteiger partial charge in [0.1, 0.15) is 30.0 Å². The molecule has 0 aliphatic heterocycles. The van der Waals surface area contributed by atoms with Crippen molar-refractivity contribution in [3.05, 3.63) is 112 Å². The van der Waals surface area contributed by atoms with Gasteiger partial charge in [-0.1, -0.05) is 60.7 Å². The van der Waals surface area contributed by atoms with E-state index < -0.39 is 60.2 Å². The van der Waals surface area contributed by atoms with E-state index in [1.54, 1.807) is 45.0 Å². The molecule has 6 rings (SSSR count). The van der Waals surface area contributed by atoms with Gasteiger partial charge in [0.25, 0.3) is 0 Å². The fraction of sp³-hybridized carbons (Fsp3) is 0.320. The standard InChI is InChI=1S/C50H50O12/c1-26(58-30(5)51)21-42-35-13-9-10-14-36(35)44(23-28(3)60-32(7)53)45-25-34(17-18-39(42)45)50(57)62-48-41(49(55)56)20-19-40-43(22-27(2)59-31(6)52)37-15-11-12-16-38(37)46(47(40)48)24-29(4)61-33(8)54/h9-20,25-29H,21-24H2,1-8H3,(H,55,56). The summed E-state index contributed by atoms with van der Waals surface area (Å²) in [7, 11) is 0. The van der Waals surface area contributed by atoms with Crippen LogP contribution in [0.2, 0.25) is 0 Å². The molecule has 6 aromatic carbocycles. The van der Waals surface area contributed by atoms with Gasteiger partial charge in [-0.25, -0.2) is 9.59 Å². The first-order chi connectivity index (χ1) is 29.4. The molecule has 6 aromatic rings. The molecule has 322 valence electrons. The van der Waals surface area contributed by atoms with E-state index in [2.05, 4.69) is 0 Å².